The molecular formula is C16H14N2O2. The number of benzene rings is 1. The number of ether oxygens (including phenoxy) is 1. The van der Waals surface area contributed by atoms with Gasteiger partial charge >= 0.3 is 0 Å². The summed E-state index contributed by atoms with van der Waals surface area (Å²) in [5, 5.41) is 0.656. The van der Waals surface area contributed by atoms with Crippen molar-refractivity contribution < 1.29 is 4.74 Å². The average Bonchev–Trinajstić information content (AvgIpc) is 2.49. The summed E-state index contributed by atoms with van der Waals surface area (Å²) >= 11 is 0. The minimum absolute atomic E-state index is 0.0230. The number of H-pyrrole nitrogens is 1. The van der Waals surface area contributed by atoms with Crippen LogP contribution in [-0.2, 0) is 0 Å². The maximum absolute atomic E-state index is 12.2. The van der Waals surface area contributed by atoms with Crippen molar-refractivity contribution in [3.05, 3.63) is 58.4 Å². The zero-order valence-electron chi connectivity index (χ0n) is 11.3. The highest BCUT2D eigenvalue weighted by Gasteiger charge is 2.09. The number of aromatic nitrogens is 2. The van der Waals surface area contributed by atoms with E-state index in [0.29, 0.717) is 11.1 Å². The van der Waals surface area contributed by atoms with Gasteiger partial charge in [-0.1, -0.05) is 6.07 Å². The van der Waals surface area contributed by atoms with Crippen LogP contribution in [0.4, 0.5) is 0 Å². The molecule has 0 saturated carbocycles. The molecule has 4 heteroatoms. The molecule has 4 nitrogen and oxygen atoms in total. The van der Waals surface area contributed by atoms with Crippen molar-refractivity contribution in [3.63, 3.8) is 0 Å². The molecule has 0 atom stereocenters. The molecule has 0 aliphatic rings. The van der Waals surface area contributed by atoms with Gasteiger partial charge in [-0.15, -0.1) is 0 Å². The van der Waals surface area contributed by atoms with Gasteiger partial charge in [0, 0.05) is 23.2 Å². The smallest absolute Gasteiger partial charge is 0.190 e. The zero-order chi connectivity index (χ0) is 14.1. The molecule has 1 aromatic carbocycles. The number of pyridine rings is 2. The Balaban J connectivity index is 2.33. The highest BCUT2D eigenvalue weighted by molar-refractivity contribution is 5.85. The molecular weight excluding hydrogens is 252 g/mol. The number of fused-ring (bicyclic) bond motifs is 1. The van der Waals surface area contributed by atoms with E-state index in [-0.39, 0.29) is 5.43 Å². The molecule has 2 aromatic heterocycles. The van der Waals surface area contributed by atoms with Crippen LogP contribution in [-0.4, -0.2) is 17.1 Å². The Morgan fingerprint density at radius 3 is 2.75 bits per heavy atom. The van der Waals surface area contributed by atoms with Gasteiger partial charge in [-0.25, -0.2) is 0 Å². The van der Waals surface area contributed by atoms with Crippen molar-refractivity contribution >= 4 is 10.9 Å². The molecule has 2 heterocycles. The highest BCUT2D eigenvalue weighted by atomic mass is 16.5. The number of aryl methyl sites for hydroxylation is 1. The third-order valence-electron chi connectivity index (χ3n) is 3.38. The van der Waals surface area contributed by atoms with Crippen LogP contribution in [0.15, 0.2) is 47.4 Å². The Morgan fingerprint density at radius 1 is 1.20 bits per heavy atom. The number of hydrogen-bond acceptors (Lipinski definition) is 3. The molecule has 0 radical (unpaired) electrons. The van der Waals surface area contributed by atoms with Crippen molar-refractivity contribution in [2.24, 2.45) is 0 Å². The average molecular weight is 266 g/mol. The van der Waals surface area contributed by atoms with Crippen LogP contribution in [0.2, 0.25) is 0 Å². The first-order chi connectivity index (χ1) is 9.70. The summed E-state index contributed by atoms with van der Waals surface area (Å²) in [7, 11) is 1.62. The fourth-order valence-corrected chi connectivity index (χ4v) is 2.32. The van der Waals surface area contributed by atoms with E-state index >= 15 is 0 Å². The summed E-state index contributed by atoms with van der Waals surface area (Å²) in [6.07, 6.45) is 1.70. The molecule has 0 saturated heterocycles. The topological polar surface area (TPSA) is 55.0 Å². The normalized spacial score (nSPS) is 10.7. The van der Waals surface area contributed by atoms with Crippen LogP contribution in [0.3, 0.4) is 0 Å². The van der Waals surface area contributed by atoms with Crippen molar-refractivity contribution in [3.8, 4) is 17.1 Å². The molecule has 0 unspecified atom stereocenters. The number of hydrogen-bond donors (Lipinski definition) is 1. The minimum Gasteiger partial charge on any atom is -0.496 e. The SMILES string of the molecule is COc1ccc2c(=O)cc(-c3ccccn3)[nH]c2c1C. The molecule has 0 aliphatic heterocycles. The lowest BCUT2D eigenvalue weighted by Crippen LogP contribution is -2.05. The van der Waals surface area contributed by atoms with E-state index < -0.39 is 0 Å². The molecule has 0 spiro atoms. The van der Waals surface area contributed by atoms with Crippen LogP contribution in [0.1, 0.15) is 5.56 Å². The lowest BCUT2D eigenvalue weighted by molar-refractivity contribution is 0.412. The van der Waals surface area contributed by atoms with Gasteiger partial charge in [-0.2, -0.15) is 0 Å². The number of rotatable bonds is 2. The second-order valence-corrected chi connectivity index (χ2v) is 4.58. The molecule has 100 valence electrons. The third kappa shape index (κ3) is 1.95. The van der Waals surface area contributed by atoms with Crippen LogP contribution in [0.5, 0.6) is 5.75 Å². The molecule has 0 bridgehead atoms. The van der Waals surface area contributed by atoms with Gasteiger partial charge in [0.2, 0.25) is 0 Å². The fourth-order valence-electron chi connectivity index (χ4n) is 2.32. The molecule has 3 rings (SSSR count). The van der Waals surface area contributed by atoms with Gasteiger partial charge in [0.05, 0.1) is 24.0 Å². The monoisotopic (exact) mass is 266 g/mol. The Hall–Kier alpha value is -2.62. The summed E-state index contributed by atoms with van der Waals surface area (Å²) in [6.45, 7) is 1.93. The van der Waals surface area contributed by atoms with E-state index in [9.17, 15) is 4.79 Å². The lowest BCUT2D eigenvalue weighted by Gasteiger charge is -2.09. The van der Waals surface area contributed by atoms with Crippen LogP contribution < -0.4 is 10.2 Å². The van der Waals surface area contributed by atoms with E-state index in [1.54, 1.807) is 25.4 Å². The van der Waals surface area contributed by atoms with Crippen molar-refractivity contribution in [1.29, 1.82) is 0 Å². The maximum atomic E-state index is 12.2. The van der Waals surface area contributed by atoms with Crippen molar-refractivity contribution in [2.75, 3.05) is 7.11 Å². The standard InChI is InChI=1S/C16H14N2O2/c1-10-15(20-2)7-6-11-14(19)9-13(18-16(10)11)12-5-3-4-8-17-12/h3-9H,1-2H3,(H,18,19). The number of aromatic amines is 1. The first-order valence-corrected chi connectivity index (χ1v) is 6.33. The number of nitrogens with zero attached hydrogens (tertiary/aromatic N) is 1. The molecule has 20 heavy (non-hydrogen) atoms. The minimum atomic E-state index is -0.0230. The molecule has 0 aliphatic carbocycles. The van der Waals surface area contributed by atoms with Gasteiger partial charge < -0.3 is 9.72 Å². The quantitative estimate of drug-likeness (QED) is 0.776. The van der Waals surface area contributed by atoms with Crippen molar-refractivity contribution in [2.45, 2.75) is 6.92 Å². The van der Waals surface area contributed by atoms with E-state index in [4.69, 9.17) is 4.74 Å². The number of nitrogens with one attached hydrogen (secondary N) is 1. The summed E-state index contributed by atoms with van der Waals surface area (Å²) in [5.41, 5.74) is 3.13. The number of methoxy groups -OCH3 is 1. The first-order valence-electron chi connectivity index (χ1n) is 6.33. The Bertz CT molecular complexity index is 823. The van der Waals surface area contributed by atoms with E-state index in [0.717, 1.165) is 22.5 Å². The van der Waals surface area contributed by atoms with Gasteiger partial charge in [-0.3, -0.25) is 9.78 Å². The molecule has 1 N–H and O–H groups in total. The second kappa shape index (κ2) is 4.81. The summed E-state index contributed by atoms with van der Waals surface area (Å²) < 4.78 is 5.30. The first kappa shape index (κ1) is 12.4. The van der Waals surface area contributed by atoms with E-state index in [2.05, 4.69) is 9.97 Å². The van der Waals surface area contributed by atoms with Gasteiger partial charge in [-0.05, 0) is 31.2 Å². The van der Waals surface area contributed by atoms with Gasteiger partial charge in [0.15, 0.2) is 5.43 Å². The largest absolute Gasteiger partial charge is 0.496 e. The lowest BCUT2D eigenvalue weighted by atomic mass is 10.1. The van der Waals surface area contributed by atoms with E-state index in [1.807, 2.05) is 31.2 Å². The van der Waals surface area contributed by atoms with E-state index in [1.165, 1.54) is 0 Å². The summed E-state index contributed by atoms with van der Waals surface area (Å²) in [4.78, 5) is 19.8. The summed E-state index contributed by atoms with van der Waals surface area (Å²) in [5.74, 6) is 0.756. The Labute approximate surface area is 116 Å². The van der Waals surface area contributed by atoms with Crippen molar-refractivity contribution in [1.82, 2.24) is 9.97 Å². The predicted molar refractivity (Wildman–Crippen MR) is 79.1 cm³/mol. The Morgan fingerprint density at radius 2 is 2.05 bits per heavy atom. The highest BCUT2D eigenvalue weighted by Crippen LogP contribution is 2.25. The van der Waals surface area contributed by atoms with Crippen LogP contribution in [0.25, 0.3) is 22.3 Å². The zero-order valence-corrected chi connectivity index (χ0v) is 11.3. The fraction of sp³-hybridized carbons (Fsp3) is 0.125. The molecule has 0 amide bonds. The molecule has 3 aromatic rings. The summed E-state index contributed by atoms with van der Waals surface area (Å²) in [6, 6.07) is 10.8. The maximum Gasteiger partial charge on any atom is 0.190 e. The van der Waals surface area contributed by atoms with Crippen LogP contribution in [0, 0.1) is 6.92 Å². The predicted octanol–water partition coefficient (Wildman–Crippen LogP) is 2.91. The van der Waals surface area contributed by atoms with Gasteiger partial charge in [0.25, 0.3) is 0 Å². The Kier molecular flexibility index (Phi) is 2.99. The second-order valence-electron chi connectivity index (χ2n) is 4.58. The van der Waals surface area contributed by atoms with Gasteiger partial charge in [0.1, 0.15) is 5.75 Å². The third-order valence-corrected chi connectivity index (χ3v) is 3.38. The molecule has 0 fully saturated rings. The van der Waals surface area contributed by atoms with Crippen LogP contribution >= 0.6 is 0 Å².